The lowest BCUT2D eigenvalue weighted by Crippen LogP contribution is -2.52. The van der Waals surface area contributed by atoms with Gasteiger partial charge in [0.05, 0.1) is 6.10 Å². The van der Waals surface area contributed by atoms with Gasteiger partial charge in [0, 0.05) is 32.0 Å². The highest BCUT2D eigenvalue weighted by Gasteiger charge is 2.37. The summed E-state index contributed by atoms with van der Waals surface area (Å²) in [4.78, 5) is 25.1. The maximum atomic E-state index is 12.8. The van der Waals surface area contributed by atoms with Crippen LogP contribution in [0.5, 0.6) is 0 Å². The molecule has 1 amide bonds. The third-order valence-corrected chi connectivity index (χ3v) is 4.58. The van der Waals surface area contributed by atoms with Crippen LogP contribution < -0.4 is 4.90 Å². The minimum Gasteiger partial charge on any atom is -0.391 e. The summed E-state index contributed by atoms with van der Waals surface area (Å²) in [7, 11) is 0. The number of carbonyl (C=O) groups excluding carboxylic acids is 1. The maximum absolute atomic E-state index is 12.8. The van der Waals surface area contributed by atoms with E-state index < -0.39 is 6.10 Å². The van der Waals surface area contributed by atoms with Gasteiger partial charge in [0.1, 0.15) is 6.04 Å². The fourth-order valence-electron chi connectivity index (χ4n) is 3.16. The molecule has 0 radical (unpaired) electrons. The molecule has 6 nitrogen and oxygen atoms in total. The number of piperidine rings is 1. The number of rotatable bonds is 2. The zero-order valence-electron chi connectivity index (χ0n) is 12.4. The summed E-state index contributed by atoms with van der Waals surface area (Å²) >= 11 is 0. The molecule has 0 aromatic carbocycles. The summed E-state index contributed by atoms with van der Waals surface area (Å²) in [6.07, 6.45) is 5.66. The molecule has 3 unspecified atom stereocenters. The summed E-state index contributed by atoms with van der Waals surface area (Å²) in [5.41, 5.74) is 0. The third kappa shape index (κ3) is 2.85. The second-order valence-corrected chi connectivity index (χ2v) is 6.02. The normalized spacial score (nSPS) is 29.7. The zero-order valence-corrected chi connectivity index (χ0v) is 12.4. The van der Waals surface area contributed by atoms with Crippen LogP contribution in [0, 0.1) is 5.92 Å². The molecule has 1 aromatic rings. The summed E-state index contributed by atoms with van der Waals surface area (Å²) < 4.78 is 0. The molecule has 1 N–H and O–H groups in total. The van der Waals surface area contributed by atoms with Crippen LogP contribution in [0.2, 0.25) is 0 Å². The molecule has 0 aliphatic carbocycles. The van der Waals surface area contributed by atoms with Crippen molar-refractivity contribution in [2.75, 3.05) is 24.5 Å². The quantitative estimate of drug-likeness (QED) is 0.867. The van der Waals surface area contributed by atoms with Crippen LogP contribution in [0.15, 0.2) is 18.5 Å². The number of likely N-dealkylation sites (tertiary alicyclic amines) is 1. The van der Waals surface area contributed by atoms with E-state index in [1.165, 1.54) is 0 Å². The number of hydrogen-bond acceptors (Lipinski definition) is 5. The Morgan fingerprint density at radius 2 is 2.05 bits per heavy atom. The number of aliphatic hydroxyl groups is 1. The van der Waals surface area contributed by atoms with E-state index in [1.54, 1.807) is 23.4 Å². The predicted molar refractivity (Wildman–Crippen MR) is 78.8 cm³/mol. The van der Waals surface area contributed by atoms with E-state index in [0.717, 1.165) is 32.4 Å². The lowest BCUT2D eigenvalue weighted by molar-refractivity contribution is -0.136. The number of carbonyl (C=O) groups is 1. The molecule has 2 aliphatic rings. The van der Waals surface area contributed by atoms with Crippen molar-refractivity contribution >= 4 is 11.9 Å². The minimum atomic E-state index is -0.412. The van der Waals surface area contributed by atoms with Crippen molar-refractivity contribution in [3.63, 3.8) is 0 Å². The lowest BCUT2D eigenvalue weighted by atomic mass is 9.95. The second-order valence-electron chi connectivity index (χ2n) is 6.02. The molecule has 3 rings (SSSR count). The Balaban J connectivity index is 1.72. The van der Waals surface area contributed by atoms with E-state index in [0.29, 0.717) is 12.5 Å². The van der Waals surface area contributed by atoms with Gasteiger partial charge in [-0.1, -0.05) is 6.92 Å². The van der Waals surface area contributed by atoms with Crippen molar-refractivity contribution in [2.24, 2.45) is 5.92 Å². The highest BCUT2D eigenvalue weighted by Crippen LogP contribution is 2.25. The molecule has 1 aromatic heterocycles. The van der Waals surface area contributed by atoms with E-state index in [9.17, 15) is 9.90 Å². The number of aromatic nitrogens is 2. The highest BCUT2D eigenvalue weighted by atomic mass is 16.3. The molecule has 0 bridgehead atoms. The van der Waals surface area contributed by atoms with Crippen molar-refractivity contribution in [2.45, 2.75) is 38.3 Å². The van der Waals surface area contributed by atoms with E-state index in [-0.39, 0.29) is 17.9 Å². The summed E-state index contributed by atoms with van der Waals surface area (Å²) in [6.45, 7) is 4.02. The van der Waals surface area contributed by atoms with Gasteiger partial charge < -0.3 is 14.9 Å². The van der Waals surface area contributed by atoms with Crippen LogP contribution >= 0.6 is 0 Å². The molecule has 2 saturated heterocycles. The van der Waals surface area contributed by atoms with Gasteiger partial charge in [0.15, 0.2) is 0 Å². The molecule has 2 fully saturated rings. The number of amides is 1. The van der Waals surface area contributed by atoms with Crippen molar-refractivity contribution in [3.05, 3.63) is 18.5 Å². The molecule has 2 aliphatic heterocycles. The van der Waals surface area contributed by atoms with E-state index in [1.807, 2.05) is 11.8 Å². The van der Waals surface area contributed by atoms with Gasteiger partial charge in [-0.25, -0.2) is 9.97 Å². The SMILES string of the molecule is CC1CCN(C(=O)C2CCCN2c2ncccn2)CC1O. The maximum Gasteiger partial charge on any atom is 0.245 e. The first-order chi connectivity index (χ1) is 10.2. The van der Waals surface area contributed by atoms with Gasteiger partial charge in [-0.2, -0.15) is 0 Å². The largest absolute Gasteiger partial charge is 0.391 e. The van der Waals surface area contributed by atoms with E-state index in [4.69, 9.17) is 0 Å². The Morgan fingerprint density at radius 3 is 2.76 bits per heavy atom. The van der Waals surface area contributed by atoms with Crippen LogP contribution in [-0.4, -0.2) is 57.7 Å². The number of aliphatic hydroxyl groups excluding tert-OH is 1. The Labute approximate surface area is 124 Å². The van der Waals surface area contributed by atoms with Crippen LogP contribution in [0.25, 0.3) is 0 Å². The Morgan fingerprint density at radius 1 is 1.29 bits per heavy atom. The van der Waals surface area contributed by atoms with E-state index in [2.05, 4.69) is 9.97 Å². The fourth-order valence-corrected chi connectivity index (χ4v) is 3.16. The fraction of sp³-hybridized carbons (Fsp3) is 0.667. The molecule has 114 valence electrons. The number of anilines is 1. The summed E-state index contributed by atoms with van der Waals surface area (Å²) in [6, 6.07) is 1.59. The van der Waals surface area contributed by atoms with Crippen LogP contribution in [-0.2, 0) is 4.79 Å². The number of hydrogen-bond donors (Lipinski definition) is 1. The second kappa shape index (κ2) is 5.97. The molecule has 3 atom stereocenters. The van der Waals surface area contributed by atoms with Crippen molar-refractivity contribution in [1.29, 1.82) is 0 Å². The molecule has 0 spiro atoms. The van der Waals surface area contributed by atoms with Gasteiger partial charge in [-0.05, 0) is 31.2 Å². The molecular formula is C15H22N4O2. The molecule has 0 saturated carbocycles. The van der Waals surface area contributed by atoms with Crippen LogP contribution in [0.4, 0.5) is 5.95 Å². The Bertz CT molecular complexity index is 496. The minimum absolute atomic E-state index is 0.103. The topological polar surface area (TPSA) is 69.6 Å². The Kier molecular flexibility index (Phi) is 4.05. The average Bonchev–Trinajstić information content (AvgIpc) is 2.99. The molecular weight excluding hydrogens is 268 g/mol. The van der Waals surface area contributed by atoms with Crippen molar-refractivity contribution in [1.82, 2.24) is 14.9 Å². The van der Waals surface area contributed by atoms with Gasteiger partial charge in [-0.15, -0.1) is 0 Å². The first-order valence-electron chi connectivity index (χ1n) is 7.67. The lowest BCUT2D eigenvalue weighted by Gasteiger charge is -2.37. The van der Waals surface area contributed by atoms with Crippen LogP contribution in [0.3, 0.4) is 0 Å². The zero-order chi connectivity index (χ0) is 14.8. The predicted octanol–water partition coefficient (Wildman–Crippen LogP) is 0.675. The first kappa shape index (κ1) is 14.3. The number of nitrogens with zero attached hydrogens (tertiary/aromatic N) is 4. The van der Waals surface area contributed by atoms with Crippen molar-refractivity contribution in [3.8, 4) is 0 Å². The highest BCUT2D eigenvalue weighted by molar-refractivity contribution is 5.85. The average molecular weight is 290 g/mol. The first-order valence-corrected chi connectivity index (χ1v) is 7.67. The van der Waals surface area contributed by atoms with Crippen LogP contribution in [0.1, 0.15) is 26.2 Å². The van der Waals surface area contributed by atoms with Gasteiger partial charge in [-0.3, -0.25) is 4.79 Å². The Hall–Kier alpha value is -1.69. The standard InChI is InChI=1S/C15H22N4O2/c1-11-5-9-18(10-13(11)20)14(21)12-4-2-8-19(12)15-16-6-3-7-17-15/h3,6-7,11-13,20H,2,4-5,8-10H2,1H3. The van der Waals surface area contributed by atoms with Gasteiger partial charge >= 0.3 is 0 Å². The van der Waals surface area contributed by atoms with Gasteiger partial charge in [0.25, 0.3) is 0 Å². The summed E-state index contributed by atoms with van der Waals surface area (Å²) in [5.74, 6) is 0.997. The smallest absolute Gasteiger partial charge is 0.245 e. The monoisotopic (exact) mass is 290 g/mol. The molecule has 21 heavy (non-hydrogen) atoms. The molecule has 3 heterocycles. The third-order valence-electron chi connectivity index (χ3n) is 4.58. The van der Waals surface area contributed by atoms with Gasteiger partial charge in [0.2, 0.25) is 11.9 Å². The molecule has 6 heteroatoms. The number of β-amino-alcohol motifs (C(OH)–C–C–N with tert-alkyl or cyclic N) is 1. The van der Waals surface area contributed by atoms with E-state index >= 15 is 0 Å². The summed E-state index contributed by atoms with van der Waals surface area (Å²) in [5, 5.41) is 9.99. The van der Waals surface area contributed by atoms with Crippen molar-refractivity contribution < 1.29 is 9.90 Å².